The van der Waals surface area contributed by atoms with E-state index in [1.165, 1.54) is 6.08 Å². The Bertz CT molecular complexity index is 899. The molecule has 1 amide bonds. The first-order chi connectivity index (χ1) is 12.9. The fraction of sp³-hybridized carbons (Fsp3) is 0.217. The molecular formula is C23H23NO3. The molecule has 1 aliphatic heterocycles. The van der Waals surface area contributed by atoms with E-state index in [0.29, 0.717) is 11.3 Å². The van der Waals surface area contributed by atoms with Crippen molar-refractivity contribution in [3.8, 4) is 0 Å². The molecule has 0 aromatic heterocycles. The van der Waals surface area contributed by atoms with Crippen LogP contribution in [0.1, 0.15) is 31.4 Å². The highest BCUT2D eigenvalue weighted by Gasteiger charge is 2.51. The van der Waals surface area contributed by atoms with Gasteiger partial charge in [0.15, 0.2) is 11.4 Å². The molecule has 1 aliphatic rings. The third-order valence-corrected chi connectivity index (χ3v) is 4.61. The number of allylic oxidation sites excluding steroid dienone is 3. The number of amides is 1. The lowest BCUT2D eigenvalue weighted by Gasteiger charge is -2.25. The van der Waals surface area contributed by atoms with Crippen LogP contribution in [0.5, 0.6) is 0 Å². The van der Waals surface area contributed by atoms with Gasteiger partial charge in [0, 0.05) is 11.6 Å². The first kappa shape index (κ1) is 18.8. The van der Waals surface area contributed by atoms with E-state index >= 15 is 0 Å². The Kier molecular flexibility index (Phi) is 5.38. The molecule has 1 heterocycles. The molecule has 2 aromatic carbocycles. The highest BCUT2D eigenvalue weighted by molar-refractivity contribution is 6.10. The Balaban J connectivity index is 1.76. The smallest absolute Gasteiger partial charge is 0.264 e. The van der Waals surface area contributed by atoms with Gasteiger partial charge in [-0.15, -0.1) is 0 Å². The standard InChI is InChI=1S/C23H23NO3/c1-17(2)24-21-15-9-8-14-20(21)23(27,22(24)26)16-19(25)13-7-6-12-18-10-4-3-5-11-18/h3-15,17,27H,16H2,1-2H3. The average molecular weight is 361 g/mol. The molecule has 0 spiro atoms. The van der Waals surface area contributed by atoms with Crippen LogP contribution in [0.4, 0.5) is 5.69 Å². The van der Waals surface area contributed by atoms with Crippen LogP contribution >= 0.6 is 0 Å². The second-order valence-corrected chi connectivity index (χ2v) is 6.92. The van der Waals surface area contributed by atoms with E-state index < -0.39 is 11.5 Å². The molecule has 0 saturated carbocycles. The van der Waals surface area contributed by atoms with Crippen LogP contribution in [0.2, 0.25) is 0 Å². The summed E-state index contributed by atoms with van der Waals surface area (Å²) in [6.45, 7) is 3.77. The molecule has 1 N–H and O–H groups in total. The average Bonchev–Trinajstić information content (AvgIpc) is 2.87. The van der Waals surface area contributed by atoms with E-state index in [4.69, 9.17) is 0 Å². The second kappa shape index (κ2) is 7.72. The Morgan fingerprint density at radius 1 is 1.07 bits per heavy atom. The summed E-state index contributed by atoms with van der Waals surface area (Å²) in [4.78, 5) is 26.8. The fourth-order valence-electron chi connectivity index (χ4n) is 3.35. The topological polar surface area (TPSA) is 57.6 Å². The summed E-state index contributed by atoms with van der Waals surface area (Å²) in [7, 11) is 0. The molecule has 1 unspecified atom stereocenters. The molecule has 27 heavy (non-hydrogen) atoms. The molecule has 0 bridgehead atoms. The Labute approximate surface area is 159 Å². The van der Waals surface area contributed by atoms with Crippen LogP contribution in [0.15, 0.2) is 72.8 Å². The maximum atomic E-state index is 12.9. The summed E-state index contributed by atoms with van der Waals surface area (Å²) in [6, 6.07) is 16.7. The third kappa shape index (κ3) is 3.76. The van der Waals surface area contributed by atoms with Crippen molar-refractivity contribution < 1.29 is 14.7 Å². The number of ketones is 1. The van der Waals surface area contributed by atoms with Gasteiger partial charge in [-0.1, -0.05) is 66.8 Å². The highest BCUT2D eigenvalue weighted by Crippen LogP contribution is 2.43. The lowest BCUT2D eigenvalue weighted by atomic mass is 9.90. The summed E-state index contributed by atoms with van der Waals surface area (Å²) in [6.07, 6.45) is 6.40. The van der Waals surface area contributed by atoms with Crippen LogP contribution in [0.25, 0.3) is 6.08 Å². The van der Waals surface area contributed by atoms with Crippen molar-refractivity contribution in [2.75, 3.05) is 4.90 Å². The quantitative estimate of drug-likeness (QED) is 0.628. The number of para-hydroxylation sites is 1. The molecule has 138 valence electrons. The predicted octanol–water partition coefficient (Wildman–Crippen LogP) is 3.86. The molecule has 3 rings (SSSR count). The van der Waals surface area contributed by atoms with Gasteiger partial charge in [-0.3, -0.25) is 9.59 Å². The van der Waals surface area contributed by atoms with Crippen molar-refractivity contribution in [3.63, 3.8) is 0 Å². The molecule has 0 saturated heterocycles. The maximum absolute atomic E-state index is 12.9. The van der Waals surface area contributed by atoms with Gasteiger partial charge in [0.1, 0.15) is 0 Å². The number of anilines is 1. The van der Waals surface area contributed by atoms with Crippen molar-refractivity contribution in [1.82, 2.24) is 0 Å². The van der Waals surface area contributed by atoms with Gasteiger partial charge in [-0.2, -0.15) is 0 Å². The minimum atomic E-state index is -1.81. The fourth-order valence-corrected chi connectivity index (χ4v) is 3.35. The highest BCUT2D eigenvalue weighted by atomic mass is 16.3. The van der Waals surface area contributed by atoms with Gasteiger partial charge in [0.2, 0.25) is 0 Å². The van der Waals surface area contributed by atoms with E-state index in [-0.39, 0.29) is 18.2 Å². The molecular weight excluding hydrogens is 338 g/mol. The van der Waals surface area contributed by atoms with Gasteiger partial charge >= 0.3 is 0 Å². The van der Waals surface area contributed by atoms with E-state index in [1.54, 1.807) is 35.3 Å². The lowest BCUT2D eigenvalue weighted by Crippen LogP contribution is -2.44. The number of hydrogen-bond donors (Lipinski definition) is 1. The van der Waals surface area contributed by atoms with Crippen LogP contribution in [-0.4, -0.2) is 22.8 Å². The van der Waals surface area contributed by atoms with Gasteiger partial charge in [0.05, 0.1) is 12.1 Å². The second-order valence-electron chi connectivity index (χ2n) is 6.92. The minimum absolute atomic E-state index is 0.105. The Hall–Kier alpha value is -2.98. The maximum Gasteiger partial charge on any atom is 0.264 e. The van der Waals surface area contributed by atoms with Crippen LogP contribution in [0.3, 0.4) is 0 Å². The van der Waals surface area contributed by atoms with E-state index in [0.717, 1.165) is 5.56 Å². The van der Waals surface area contributed by atoms with Crippen molar-refractivity contribution in [2.24, 2.45) is 0 Å². The molecule has 2 aromatic rings. The van der Waals surface area contributed by atoms with Crippen molar-refractivity contribution >= 4 is 23.5 Å². The number of rotatable bonds is 6. The first-order valence-corrected chi connectivity index (χ1v) is 9.01. The summed E-state index contributed by atoms with van der Waals surface area (Å²) >= 11 is 0. The van der Waals surface area contributed by atoms with Crippen LogP contribution < -0.4 is 4.90 Å². The summed E-state index contributed by atoms with van der Waals surface area (Å²) in [5.74, 6) is -0.746. The SMILES string of the molecule is CC(C)N1C(=O)C(O)(CC(=O)C=CC=Cc2ccccc2)c2ccccc21. The largest absolute Gasteiger partial charge is 0.375 e. The van der Waals surface area contributed by atoms with E-state index in [2.05, 4.69) is 0 Å². The number of carbonyl (C=O) groups is 2. The number of carbonyl (C=O) groups excluding carboxylic acids is 2. The zero-order chi connectivity index (χ0) is 19.4. The summed E-state index contributed by atoms with van der Waals surface area (Å²) < 4.78 is 0. The van der Waals surface area contributed by atoms with Crippen LogP contribution in [-0.2, 0) is 15.2 Å². The molecule has 4 nitrogen and oxygen atoms in total. The van der Waals surface area contributed by atoms with Crippen LogP contribution in [0, 0.1) is 0 Å². The third-order valence-electron chi connectivity index (χ3n) is 4.61. The van der Waals surface area contributed by atoms with E-state index in [1.807, 2.05) is 56.3 Å². The number of fused-ring (bicyclic) bond motifs is 1. The van der Waals surface area contributed by atoms with Gasteiger partial charge in [-0.05, 0) is 31.6 Å². The monoisotopic (exact) mass is 361 g/mol. The number of benzene rings is 2. The Morgan fingerprint density at radius 2 is 1.74 bits per heavy atom. The molecule has 4 heteroatoms. The molecule has 0 radical (unpaired) electrons. The Morgan fingerprint density at radius 3 is 2.44 bits per heavy atom. The minimum Gasteiger partial charge on any atom is -0.375 e. The van der Waals surface area contributed by atoms with Crippen molar-refractivity contribution in [1.29, 1.82) is 0 Å². The van der Waals surface area contributed by atoms with Gasteiger partial charge in [-0.25, -0.2) is 0 Å². The summed E-state index contributed by atoms with van der Waals surface area (Å²) in [5.41, 5.74) is 0.373. The number of hydrogen-bond acceptors (Lipinski definition) is 3. The molecule has 1 atom stereocenters. The summed E-state index contributed by atoms with van der Waals surface area (Å²) in [5, 5.41) is 11.1. The zero-order valence-electron chi connectivity index (χ0n) is 15.5. The molecule has 0 aliphatic carbocycles. The first-order valence-electron chi connectivity index (χ1n) is 9.01. The zero-order valence-corrected chi connectivity index (χ0v) is 15.5. The number of nitrogens with zero attached hydrogens (tertiary/aromatic N) is 1. The molecule has 0 fully saturated rings. The normalized spacial score (nSPS) is 19.4. The van der Waals surface area contributed by atoms with E-state index in [9.17, 15) is 14.7 Å². The van der Waals surface area contributed by atoms with Gasteiger partial charge < -0.3 is 10.0 Å². The predicted molar refractivity (Wildman–Crippen MR) is 107 cm³/mol. The van der Waals surface area contributed by atoms with Gasteiger partial charge in [0.25, 0.3) is 5.91 Å². The van der Waals surface area contributed by atoms with Crippen molar-refractivity contribution in [3.05, 3.63) is 84.0 Å². The lowest BCUT2D eigenvalue weighted by molar-refractivity contribution is -0.140. The van der Waals surface area contributed by atoms with Crippen molar-refractivity contribution in [2.45, 2.75) is 31.9 Å². The number of aliphatic hydroxyl groups is 1.